The first-order chi connectivity index (χ1) is 7.54. The highest BCUT2D eigenvalue weighted by Gasteiger charge is 2.14. The number of carbonyl (C=O) groups excluding carboxylic acids is 1. The van der Waals surface area contributed by atoms with Gasteiger partial charge in [-0.05, 0) is 31.0 Å². The van der Waals surface area contributed by atoms with E-state index in [1.807, 2.05) is 6.92 Å². The average Bonchev–Trinajstić information content (AvgIpc) is 2.27. The van der Waals surface area contributed by atoms with Gasteiger partial charge in [0, 0.05) is 0 Å². The zero-order valence-corrected chi connectivity index (χ0v) is 9.53. The Balaban J connectivity index is 2.65. The van der Waals surface area contributed by atoms with Crippen LogP contribution in [0.15, 0.2) is 24.3 Å². The number of nitrogens with one attached hydrogen (secondary N) is 1. The minimum absolute atomic E-state index is 0.209. The molecule has 1 rings (SSSR count). The molecule has 4 heteroatoms. The molecule has 0 spiro atoms. The number of benzene rings is 1. The van der Waals surface area contributed by atoms with Crippen LogP contribution in [0.3, 0.4) is 0 Å². The molecule has 3 N–H and O–H groups in total. The summed E-state index contributed by atoms with van der Waals surface area (Å²) < 4.78 is 13.0. The summed E-state index contributed by atoms with van der Waals surface area (Å²) in [6.45, 7) is 3.64. The summed E-state index contributed by atoms with van der Waals surface area (Å²) in [5, 5.41) is 2.74. The maximum absolute atomic E-state index is 13.0. The molecule has 0 saturated heterocycles. The van der Waals surface area contributed by atoms with Crippen LogP contribution < -0.4 is 11.1 Å². The quantitative estimate of drug-likeness (QED) is 0.818. The number of carbonyl (C=O) groups is 1. The van der Waals surface area contributed by atoms with Gasteiger partial charge in [-0.1, -0.05) is 19.1 Å². The Morgan fingerprint density at radius 2 is 2.25 bits per heavy atom. The Hall–Kier alpha value is -1.42. The maximum Gasteiger partial charge on any atom is 0.237 e. The van der Waals surface area contributed by atoms with E-state index in [0.717, 1.165) is 5.56 Å². The van der Waals surface area contributed by atoms with Gasteiger partial charge in [0.25, 0.3) is 0 Å². The highest BCUT2D eigenvalue weighted by Crippen LogP contribution is 2.13. The second-order valence-electron chi connectivity index (χ2n) is 3.80. The molecule has 1 unspecified atom stereocenters. The third-order valence-electron chi connectivity index (χ3n) is 2.48. The predicted molar refractivity (Wildman–Crippen MR) is 61.2 cm³/mol. The molecular formula is C12H17FN2O. The second kappa shape index (κ2) is 5.61. The standard InChI is InChI=1S/C12H17FN2O/c1-3-11(14)12(16)15-8(2)9-5-4-6-10(13)7-9/h4-8,11H,3,14H2,1-2H3,(H,15,16)/t8?,11-/m0/s1. The molecule has 0 fully saturated rings. The molecule has 0 saturated carbocycles. The molecule has 16 heavy (non-hydrogen) atoms. The van der Waals surface area contributed by atoms with Gasteiger partial charge in [0.1, 0.15) is 5.82 Å². The lowest BCUT2D eigenvalue weighted by Crippen LogP contribution is -2.41. The van der Waals surface area contributed by atoms with E-state index in [1.165, 1.54) is 12.1 Å². The number of hydrogen-bond acceptors (Lipinski definition) is 2. The van der Waals surface area contributed by atoms with Gasteiger partial charge in [0.2, 0.25) is 5.91 Å². The SMILES string of the molecule is CC[C@H](N)C(=O)NC(C)c1cccc(F)c1. The molecule has 3 nitrogen and oxygen atoms in total. The van der Waals surface area contributed by atoms with Crippen LogP contribution in [0.5, 0.6) is 0 Å². The molecular weight excluding hydrogens is 207 g/mol. The van der Waals surface area contributed by atoms with E-state index in [0.29, 0.717) is 6.42 Å². The molecule has 1 amide bonds. The number of halogens is 1. The van der Waals surface area contributed by atoms with Crippen molar-refractivity contribution in [2.45, 2.75) is 32.4 Å². The zero-order valence-electron chi connectivity index (χ0n) is 9.53. The normalized spacial score (nSPS) is 14.2. The molecule has 0 aromatic heterocycles. The van der Waals surface area contributed by atoms with Crippen molar-refractivity contribution in [2.24, 2.45) is 5.73 Å². The summed E-state index contributed by atoms with van der Waals surface area (Å²) in [6.07, 6.45) is 0.585. The second-order valence-corrected chi connectivity index (χ2v) is 3.80. The van der Waals surface area contributed by atoms with Crippen LogP contribution in [-0.4, -0.2) is 11.9 Å². The van der Waals surface area contributed by atoms with Gasteiger partial charge >= 0.3 is 0 Å². The van der Waals surface area contributed by atoms with Crippen molar-refractivity contribution in [3.8, 4) is 0 Å². The van der Waals surface area contributed by atoms with Crippen molar-refractivity contribution in [3.63, 3.8) is 0 Å². The largest absolute Gasteiger partial charge is 0.348 e. The lowest BCUT2D eigenvalue weighted by Gasteiger charge is -2.17. The summed E-state index contributed by atoms with van der Waals surface area (Å²) in [5.41, 5.74) is 6.32. The van der Waals surface area contributed by atoms with Crippen molar-refractivity contribution in [2.75, 3.05) is 0 Å². The van der Waals surface area contributed by atoms with E-state index in [2.05, 4.69) is 5.32 Å². The Morgan fingerprint density at radius 1 is 1.56 bits per heavy atom. The van der Waals surface area contributed by atoms with E-state index >= 15 is 0 Å². The molecule has 0 aliphatic heterocycles. The molecule has 2 atom stereocenters. The fourth-order valence-electron chi connectivity index (χ4n) is 1.37. The molecule has 0 bridgehead atoms. The van der Waals surface area contributed by atoms with E-state index in [4.69, 9.17) is 5.73 Å². The molecule has 0 heterocycles. The van der Waals surface area contributed by atoms with Gasteiger partial charge in [-0.2, -0.15) is 0 Å². The summed E-state index contributed by atoms with van der Waals surface area (Å²) in [6, 6.07) is 5.42. The smallest absolute Gasteiger partial charge is 0.237 e. The topological polar surface area (TPSA) is 55.1 Å². The molecule has 0 aliphatic rings. The summed E-state index contributed by atoms with van der Waals surface area (Å²) in [4.78, 5) is 11.5. The zero-order chi connectivity index (χ0) is 12.1. The first-order valence-electron chi connectivity index (χ1n) is 5.36. The molecule has 1 aromatic carbocycles. The highest BCUT2D eigenvalue weighted by atomic mass is 19.1. The average molecular weight is 224 g/mol. The summed E-state index contributed by atoms with van der Waals surface area (Å²) >= 11 is 0. The fraction of sp³-hybridized carbons (Fsp3) is 0.417. The van der Waals surface area contributed by atoms with Crippen LogP contribution in [-0.2, 0) is 4.79 Å². The third kappa shape index (κ3) is 3.31. The Kier molecular flexibility index (Phi) is 4.43. The highest BCUT2D eigenvalue weighted by molar-refractivity contribution is 5.81. The van der Waals surface area contributed by atoms with Gasteiger partial charge in [0.05, 0.1) is 12.1 Å². The summed E-state index contributed by atoms with van der Waals surface area (Å²) in [7, 11) is 0. The van der Waals surface area contributed by atoms with Crippen molar-refractivity contribution >= 4 is 5.91 Å². The van der Waals surface area contributed by atoms with Gasteiger partial charge in [-0.15, -0.1) is 0 Å². The number of rotatable bonds is 4. The Morgan fingerprint density at radius 3 is 2.81 bits per heavy atom. The minimum Gasteiger partial charge on any atom is -0.348 e. The monoisotopic (exact) mass is 224 g/mol. The Labute approximate surface area is 94.8 Å². The van der Waals surface area contributed by atoms with Gasteiger partial charge in [0.15, 0.2) is 0 Å². The van der Waals surface area contributed by atoms with Crippen molar-refractivity contribution < 1.29 is 9.18 Å². The molecule has 88 valence electrons. The first-order valence-corrected chi connectivity index (χ1v) is 5.36. The van der Waals surface area contributed by atoms with Crippen molar-refractivity contribution in [3.05, 3.63) is 35.6 Å². The Bertz CT molecular complexity index is 368. The van der Waals surface area contributed by atoms with Gasteiger partial charge in [-0.25, -0.2) is 4.39 Å². The van der Waals surface area contributed by atoms with Gasteiger partial charge < -0.3 is 11.1 Å². The minimum atomic E-state index is -0.504. The lowest BCUT2D eigenvalue weighted by molar-refractivity contribution is -0.123. The lowest BCUT2D eigenvalue weighted by atomic mass is 10.1. The van der Waals surface area contributed by atoms with Crippen LogP contribution in [0.1, 0.15) is 31.9 Å². The van der Waals surface area contributed by atoms with E-state index < -0.39 is 6.04 Å². The van der Waals surface area contributed by atoms with Gasteiger partial charge in [-0.3, -0.25) is 4.79 Å². The first kappa shape index (κ1) is 12.6. The number of nitrogens with two attached hydrogens (primary N) is 1. The molecule has 0 radical (unpaired) electrons. The van der Waals surface area contributed by atoms with E-state index in [9.17, 15) is 9.18 Å². The predicted octanol–water partition coefficient (Wildman–Crippen LogP) is 1.74. The van der Waals surface area contributed by atoms with E-state index in [1.54, 1.807) is 19.1 Å². The number of amides is 1. The van der Waals surface area contributed by atoms with Crippen LogP contribution in [0.25, 0.3) is 0 Å². The maximum atomic E-state index is 13.0. The van der Waals surface area contributed by atoms with Crippen LogP contribution >= 0.6 is 0 Å². The van der Waals surface area contributed by atoms with Crippen molar-refractivity contribution in [1.82, 2.24) is 5.32 Å². The molecule has 1 aromatic rings. The van der Waals surface area contributed by atoms with Crippen LogP contribution in [0, 0.1) is 5.82 Å². The molecule has 0 aliphatic carbocycles. The summed E-state index contributed by atoms with van der Waals surface area (Å²) in [5.74, 6) is -0.516. The van der Waals surface area contributed by atoms with Crippen LogP contribution in [0.4, 0.5) is 4.39 Å². The van der Waals surface area contributed by atoms with E-state index in [-0.39, 0.29) is 17.8 Å². The number of hydrogen-bond donors (Lipinski definition) is 2. The third-order valence-corrected chi connectivity index (χ3v) is 2.48. The van der Waals surface area contributed by atoms with Crippen molar-refractivity contribution in [1.29, 1.82) is 0 Å². The fourth-order valence-corrected chi connectivity index (χ4v) is 1.37. The van der Waals surface area contributed by atoms with Crippen LogP contribution in [0.2, 0.25) is 0 Å².